The Kier molecular flexibility index (Phi) is 8.62. The highest BCUT2D eigenvalue weighted by atomic mass is 16.5. The molecule has 0 aliphatic carbocycles. The molecule has 4 rings (SSSR count). The number of amides is 2. The second-order valence-corrected chi connectivity index (χ2v) is 10.0. The highest BCUT2D eigenvalue weighted by Crippen LogP contribution is 2.25. The average molecular weight is 436 g/mol. The Morgan fingerprint density at radius 1 is 0.710 bits per heavy atom. The van der Waals surface area contributed by atoms with Crippen molar-refractivity contribution in [3.05, 3.63) is 0 Å². The van der Waals surface area contributed by atoms with Crippen LogP contribution in [0.4, 0.5) is 0 Å². The molecule has 0 aromatic rings. The number of carbonyl (C=O) groups is 2. The van der Waals surface area contributed by atoms with Gasteiger partial charge in [-0.1, -0.05) is 0 Å². The lowest BCUT2D eigenvalue weighted by Gasteiger charge is -2.42. The first kappa shape index (κ1) is 23.0. The zero-order valence-corrected chi connectivity index (χ0v) is 19.1. The number of nitrogens with one attached hydrogen (secondary N) is 1. The smallest absolute Gasteiger partial charge is 0.222 e. The molecule has 4 aliphatic rings. The minimum Gasteiger partial charge on any atom is -0.381 e. The van der Waals surface area contributed by atoms with Gasteiger partial charge in [0, 0.05) is 77.5 Å². The summed E-state index contributed by atoms with van der Waals surface area (Å²) in [6.45, 7) is 7.14. The van der Waals surface area contributed by atoms with Gasteiger partial charge in [0.25, 0.3) is 0 Å². The molecule has 1 N–H and O–H groups in total. The predicted octanol–water partition coefficient (Wildman–Crippen LogP) is 2.19. The first-order chi connectivity index (χ1) is 15.2. The van der Waals surface area contributed by atoms with Crippen molar-refractivity contribution in [2.45, 2.75) is 76.3 Å². The van der Waals surface area contributed by atoms with E-state index in [9.17, 15) is 9.59 Å². The SMILES string of the molecule is O=C(CC1CCOCC1)NC1CCN(C2CCN(C(=O)CC3CCOCC3)CC2)CC1. The summed E-state index contributed by atoms with van der Waals surface area (Å²) in [6, 6.07) is 0.913. The quantitative estimate of drug-likeness (QED) is 0.693. The third-order valence-corrected chi connectivity index (χ3v) is 7.85. The third-order valence-electron chi connectivity index (χ3n) is 7.85. The molecule has 4 aliphatic heterocycles. The molecule has 4 saturated heterocycles. The Labute approximate surface area is 187 Å². The Bertz CT molecular complexity index is 573. The largest absolute Gasteiger partial charge is 0.381 e. The first-order valence-electron chi connectivity index (χ1n) is 12.6. The van der Waals surface area contributed by atoms with Crippen LogP contribution >= 0.6 is 0 Å². The van der Waals surface area contributed by atoms with Gasteiger partial charge in [0.05, 0.1) is 0 Å². The van der Waals surface area contributed by atoms with E-state index in [0.717, 1.165) is 104 Å². The van der Waals surface area contributed by atoms with E-state index in [1.54, 1.807) is 0 Å². The molecule has 0 aromatic carbocycles. The molecule has 4 heterocycles. The number of nitrogens with zero attached hydrogens (tertiary/aromatic N) is 2. The van der Waals surface area contributed by atoms with Crippen LogP contribution in [-0.2, 0) is 19.1 Å². The molecule has 176 valence electrons. The molecule has 4 fully saturated rings. The standard InChI is InChI=1S/C24H41N3O4/c28-23(17-19-5-13-30-14-6-19)25-21-1-9-26(10-2-21)22-3-11-27(12-4-22)24(29)18-20-7-15-31-16-8-20/h19-22H,1-18H2,(H,25,28). The summed E-state index contributed by atoms with van der Waals surface area (Å²) in [5.74, 6) is 1.57. The zero-order valence-electron chi connectivity index (χ0n) is 19.1. The molecule has 0 unspecified atom stereocenters. The molecular weight excluding hydrogens is 394 g/mol. The summed E-state index contributed by atoms with van der Waals surface area (Å²) < 4.78 is 10.8. The van der Waals surface area contributed by atoms with Crippen LogP contribution in [0.25, 0.3) is 0 Å². The highest BCUT2D eigenvalue weighted by molar-refractivity contribution is 5.77. The Balaban J connectivity index is 1.11. The number of hydrogen-bond donors (Lipinski definition) is 1. The number of hydrogen-bond acceptors (Lipinski definition) is 5. The summed E-state index contributed by atoms with van der Waals surface area (Å²) in [7, 11) is 0. The van der Waals surface area contributed by atoms with E-state index in [-0.39, 0.29) is 5.91 Å². The maximum absolute atomic E-state index is 12.7. The molecule has 0 saturated carbocycles. The van der Waals surface area contributed by atoms with E-state index in [1.165, 1.54) is 0 Å². The van der Waals surface area contributed by atoms with E-state index < -0.39 is 0 Å². The van der Waals surface area contributed by atoms with Crippen molar-refractivity contribution >= 4 is 11.8 Å². The number of rotatable bonds is 6. The number of ether oxygens (including phenoxy) is 2. The monoisotopic (exact) mass is 435 g/mol. The highest BCUT2D eigenvalue weighted by Gasteiger charge is 2.31. The predicted molar refractivity (Wildman–Crippen MR) is 119 cm³/mol. The van der Waals surface area contributed by atoms with Crippen molar-refractivity contribution in [1.82, 2.24) is 15.1 Å². The number of likely N-dealkylation sites (tertiary alicyclic amines) is 2. The Hall–Kier alpha value is -1.18. The normalized spacial score (nSPS) is 26.1. The van der Waals surface area contributed by atoms with Gasteiger partial charge in [-0.2, -0.15) is 0 Å². The summed E-state index contributed by atoms with van der Waals surface area (Å²) in [5.41, 5.74) is 0. The Morgan fingerprint density at radius 3 is 1.84 bits per heavy atom. The number of piperidine rings is 2. The van der Waals surface area contributed by atoms with Gasteiger partial charge in [0.2, 0.25) is 11.8 Å². The molecule has 31 heavy (non-hydrogen) atoms. The summed E-state index contributed by atoms with van der Waals surface area (Å²) in [4.78, 5) is 29.7. The van der Waals surface area contributed by atoms with Gasteiger partial charge in [-0.25, -0.2) is 0 Å². The molecule has 0 radical (unpaired) electrons. The van der Waals surface area contributed by atoms with Crippen LogP contribution in [0, 0.1) is 11.8 Å². The van der Waals surface area contributed by atoms with Gasteiger partial charge in [-0.3, -0.25) is 9.59 Å². The number of carbonyl (C=O) groups excluding carboxylic acids is 2. The van der Waals surface area contributed by atoms with Gasteiger partial charge < -0.3 is 24.6 Å². The molecule has 7 nitrogen and oxygen atoms in total. The molecular formula is C24H41N3O4. The van der Waals surface area contributed by atoms with Crippen molar-refractivity contribution in [3.8, 4) is 0 Å². The van der Waals surface area contributed by atoms with Crippen molar-refractivity contribution < 1.29 is 19.1 Å². The minimum atomic E-state index is 0.224. The lowest BCUT2D eigenvalue weighted by Crippen LogP contribution is -2.52. The first-order valence-corrected chi connectivity index (χ1v) is 12.6. The summed E-state index contributed by atoms with van der Waals surface area (Å²) >= 11 is 0. The molecule has 7 heteroatoms. The van der Waals surface area contributed by atoms with E-state index in [4.69, 9.17) is 9.47 Å². The van der Waals surface area contributed by atoms with Crippen LogP contribution in [0.3, 0.4) is 0 Å². The van der Waals surface area contributed by atoms with Crippen LogP contribution in [0.5, 0.6) is 0 Å². The average Bonchev–Trinajstić information content (AvgIpc) is 2.81. The maximum Gasteiger partial charge on any atom is 0.222 e. The van der Waals surface area contributed by atoms with E-state index in [1.807, 2.05) is 0 Å². The molecule has 0 aromatic heterocycles. The molecule has 2 amide bonds. The second-order valence-electron chi connectivity index (χ2n) is 10.0. The molecule has 0 bridgehead atoms. The van der Waals surface area contributed by atoms with Gasteiger partial charge in [-0.15, -0.1) is 0 Å². The summed E-state index contributed by atoms with van der Waals surface area (Å²) in [6.07, 6.45) is 9.71. The van der Waals surface area contributed by atoms with Crippen LogP contribution in [0.15, 0.2) is 0 Å². The lowest BCUT2D eigenvalue weighted by atomic mass is 9.94. The maximum atomic E-state index is 12.7. The molecule has 0 spiro atoms. The van der Waals surface area contributed by atoms with Crippen molar-refractivity contribution in [1.29, 1.82) is 0 Å². The molecule has 0 atom stereocenters. The fraction of sp³-hybridized carbons (Fsp3) is 0.917. The van der Waals surface area contributed by atoms with E-state index in [2.05, 4.69) is 15.1 Å². The Morgan fingerprint density at radius 2 is 1.26 bits per heavy atom. The van der Waals surface area contributed by atoms with Crippen molar-refractivity contribution in [2.24, 2.45) is 11.8 Å². The summed E-state index contributed by atoms with van der Waals surface area (Å²) in [5, 5.41) is 3.28. The van der Waals surface area contributed by atoms with Crippen LogP contribution in [-0.4, -0.2) is 86.3 Å². The van der Waals surface area contributed by atoms with Crippen LogP contribution < -0.4 is 5.32 Å². The van der Waals surface area contributed by atoms with Crippen molar-refractivity contribution in [3.63, 3.8) is 0 Å². The topological polar surface area (TPSA) is 71.1 Å². The van der Waals surface area contributed by atoms with Gasteiger partial charge in [0.1, 0.15) is 0 Å². The fourth-order valence-corrected chi connectivity index (χ4v) is 5.72. The lowest BCUT2D eigenvalue weighted by molar-refractivity contribution is -0.134. The minimum absolute atomic E-state index is 0.224. The third kappa shape index (κ3) is 6.90. The van der Waals surface area contributed by atoms with Crippen LogP contribution in [0.1, 0.15) is 64.2 Å². The fourth-order valence-electron chi connectivity index (χ4n) is 5.72. The second kappa shape index (κ2) is 11.6. The van der Waals surface area contributed by atoms with Gasteiger partial charge in [-0.05, 0) is 63.2 Å². The zero-order chi connectivity index (χ0) is 21.5. The van der Waals surface area contributed by atoms with Gasteiger partial charge >= 0.3 is 0 Å². The van der Waals surface area contributed by atoms with Crippen LogP contribution in [0.2, 0.25) is 0 Å². The van der Waals surface area contributed by atoms with Crippen molar-refractivity contribution in [2.75, 3.05) is 52.6 Å². The van der Waals surface area contributed by atoms with E-state index >= 15 is 0 Å². The van der Waals surface area contributed by atoms with E-state index in [0.29, 0.717) is 42.7 Å². The van der Waals surface area contributed by atoms with Gasteiger partial charge in [0.15, 0.2) is 0 Å².